The molecule has 2 aliphatic rings. The molecule has 0 bridgehead atoms. The standard InChI is InChI=1S/C31H36N4O2/c36-30-24(20-34-13-3-1-4-14-34)18-22(26-9-7-11-32-28(26)30)17-23-19-25(21-35-15-5-2-6-16-35)31(37)29-27(23)10-8-12-33-29/h7-12,18-19,36-37H,1-6,13-17,20-21H2. The van der Waals surface area contributed by atoms with E-state index < -0.39 is 0 Å². The molecule has 0 saturated carbocycles. The lowest BCUT2D eigenvalue weighted by atomic mass is 9.93. The first-order valence-corrected chi connectivity index (χ1v) is 13.8. The fraction of sp³-hybridized carbons (Fsp3) is 0.419. The zero-order valence-corrected chi connectivity index (χ0v) is 21.5. The van der Waals surface area contributed by atoms with Crippen LogP contribution in [0.3, 0.4) is 0 Å². The summed E-state index contributed by atoms with van der Waals surface area (Å²) in [6, 6.07) is 12.3. The van der Waals surface area contributed by atoms with Crippen LogP contribution in [0.15, 0.2) is 48.8 Å². The number of hydrogen-bond acceptors (Lipinski definition) is 6. The van der Waals surface area contributed by atoms with Crippen LogP contribution in [0.1, 0.15) is 60.8 Å². The molecular weight excluding hydrogens is 460 g/mol. The molecule has 2 fully saturated rings. The molecule has 37 heavy (non-hydrogen) atoms. The van der Waals surface area contributed by atoms with Gasteiger partial charge in [0.1, 0.15) is 22.5 Å². The Labute approximate surface area is 218 Å². The predicted octanol–water partition coefficient (Wildman–Crippen LogP) is 5.76. The van der Waals surface area contributed by atoms with Gasteiger partial charge in [-0.2, -0.15) is 0 Å². The van der Waals surface area contributed by atoms with Gasteiger partial charge in [-0.05, 0) is 93.7 Å². The average Bonchev–Trinajstić information content (AvgIpc) is 2.95. The summed E-state index contributed by atoms with van der Waals surface area (Å²) in [7, 11) is 0. The summed E-state index contributed by atoms with van der Waals surface area (Å²) < 4.78 is 0. The number of rotatable bonds is 6. The van der Waals surface area contributed by atoms with Gasteiger partial charge in [-0.25, -0.2) is 0 Å². The molecule has 2 aliphatic heterocycles. The smallest absolute Gasteiger partial charge is 0.146 e. The maximum Gasteiger partial charge on any atom is 0.146 e. The fourth-order valence-corrected chi connectivity index (χ4v) is 6.18. The molecule has 6 heteroatoms. The van der Waals surface area contributed by atoms with Crippen LogP contribution in [0.25, 0.3) is 21.8 Å². The van der Waals surface area contributed by atoms with Gasteiger partial charge in [0.25, 0.3) is 0 Å². The molecule has 0 radical (unpaired) electrons. The second-order valence-electron chi connectivity index (χ2n) is 10.7. The lowest BCUT2D eigenvalue weighted by Crippen LogP contribution is -2.29. The first kappa shape index (κ1) is 24.1. The van der Waals surface area contributed by atoms with Crippen LogP contribution in [0.5, 0.6) is 11.5 Å². The average molecular weight is 497 g/mol. The molecule has 0 aliphatic carbocycles. The lowest BCUT2D eigenvalue weighted by molar-refractivity contribution is 0.218. The minimum Gasteiger partial charge on any atom is -0.505 e. The molecule has 4 heterocycles. The Morgan fingerprint density at radius 1 is 0.595 bits per heavy atom. The predicted molar refractivity (Wildman–Crippen MR) is 148 cm³/mol. The van der Waals surface area contributed by atoms with Crippen molar-refractivity contribution < 1.29 is 10.2 Å². The number of piperidine rings is 2. The summed E-state index contributed by atoms with van der Waals surface area (Å²) in [5.41, 5.74) is 5.51. The fourth-order valence-electron chi connectivity index (χ4n) is 6.18. The third kappa shape index (κ3) is 5.00. The van der Waals surface area contributed by atoms with Crippen LogP contribution in [0.4, 0.5) is 0 Å². The minimum atomic E-state index is 0.299. The van der Waals surface area contributed by atoms with Crippen molar-refractivity contribution in [3.05, 3.63) is 71.0 Å². The second kappa shape index (κ2) is 10.6. The van der Waals surface area contributed by atoms with Crippen molar-refractivity contribution in [1.29, 1.82) is 0 Å². The molecule has 192 valence electrons. The SMILES string of the molecule is Oc1c(CN2CCCCC2)cc(Cc2cc(CN3CCCCC3)c(O)c3ncccc23)c2cccnc12. The summed E-state index contributed by atoms with van der Waals surface area (Å²) >= 11 is 0. The molecule has 6 rings (SSSR count). The third-order valence-corrected chi connectivity index (χ3v) is 8.13. The second-order valence-corrected chi connectivity index (χ2v) is 10.7. The number of pyridine rings is 2. The summed E-state index contributed by atoms with van der Waals surface area (Å²) in [6.07, 6.45) is 11.6. The van der Waals surface area contributed by atoms with Gasteiger partial charge in [-0.1, -0.05) is 25.0 Å². The van der Waals surface area contributed by atoms with Crippen molar-refractivity contribution in [2.45, 2.75) is 58.0 Å². The topological polar surface area (TPSA) is 72.7 Å². The van der Waals surface area contributed by atoms with Gasteiger partial charge in [0.2, 0.25) is 0 Å². The van der Waals surface area contributed by atoms with Gasteiger partial charge in [0.15, 0.2) is 0 Å². The first-order chi connectivity index (χ1) is 18.2. The Hall–Kier alpha value is -3.22. The van der Waals surface area contributed by atoms with Gasteiger partial charge in [0.05, 0.1) is 0 Å². The van der Waals surface area contributed by atoms with E-state index in [4.69, 9.17) is 0 Å². The summed E-state index contributed by atoms with van der Waals surface area (Å²) in [6.45, 7) is 5.77. The van der Waals surface area contributed by atoms with Crippen LogP contribution in [0.2, 0.25) is 0 Å². The number of nitrogens with zero attached hydrogens (tertiary/aromatic N) is 4. The van der Waals surface area contributed by atoms with Crippen LogP contribution in [-0.4, -0.2) is 56.2 Å². The third-order valence-electron chi connectivity index (χ3n) is 8.13. The minimum absolute atomic E-state index is 0.299. The highest BCUT2D eigenvalue weighted by Gasteiger charge is 2.20. The molecule has 0 atom stereocenters. The number of phenolic OH excluding ortho intramolecular Hbond substituents is 2. The Bertz CT molecular complexity index is 1300. The summed E-state index contributed by atoms with van der Waals surface area (Å²) in [5.74, 6) is 0.598. The van der Waals surface area contributed by atoms with Gasteiger partial charge in [-0.15, -0.1) is 0 Å². The van der Waals surface area contributed by atoms with E-state index in [2.05, 4.69) is 44.0 Å². The van der Waals surface area contributed by atoms with E-state index in [1.165, 1.54) is 38.5 Å². The normalized spacial score (nSPS) is 17.5. The van der Waals surface area contributed by atoms with Crippen molar-refractivity contribution >= 4 is 21.8 Å². The van der Waals surface area contributed by atoms with Crippen molar-refractivity contribution in [3.8, 4) is 11.5 Å². The quantitative estimate of drug-likeness (QED) is 0.354. The van der Waals surface area contributed by atoms with Crippen LogP contribution < -0.4 is 0 Å². The highest BCUT2D eigenvalue weighted by molar-refractivity contribution is 5.92. The Kier molecular flexibility index (Phi) is 6.94. The van der Waals surface area contributed by atoms with Crippen LogP contribution in [0, 0.1) is 0 Å². The van der Waals surface area contributed by atoms with Crippen LogP contribution in [-0.2, 0) is 19.5 Å². The Balaban J connectivity index is 1.42. The van der Waals surface area contributed by atoms with Crippen molar-refractivity contribution in [3.63, 3.8) is 0 Å². The van der Waals surface area contributed by atoms with Gasteiger partial charge >= 0.3 is 0 Å². The largest absolute Gasteiger partial charge is 0.505 e. The van der Waals surface area contributed by atoms with Gasteiger partial charge < -0.3 is 10.2 Å². The van der Waals surface area contributed by atoms with E-state index in [1.807, 2.05) is 12.1 Å². The zero-order chi connectivity index (χ0) is 25.2. The number of fused-ring (bicyclic) bond motifs is 2. The molecular formula is C31H36N4O2. The molecule has 0 amide bonds. The van der Waals surface area contributed by atoms with Crippen molar-refractivity contribution in [1.82, 2.24) is 19.8 Å². The number of phenols is 2. The Morgan fingerprint density at radius 3 is 1.46 bits per heavy atom. The first-order valence-electron chi connectivity index (χ1n) is 13.8. The zero-order valence-electron chi connectivity index (χ0n) is 21.5. The monoisotopic (exact) mass is 496 g/mol. The van der Waals surface area contributed by atoms with E-state index in [1.54, 1.807) is 12.4 Å². The lowest BCUT2D eigenvalue weighted by Gasteiger charge is -2.27. The highest BCUT2D eigenvalue weighted by Crippen LogP contribution is 2.36. The number of hydrogen-bond donors (Lipinski definition) is 2. The van der Waals surface area contributed by atoms with Crippen molar-refractivity contribution in [2.24, 2.45) is 0 Å². The molecule has 2 aromatic carbocycles. The van der Waals surface area contributed by atoms with E-state index in [0.717, 1.165) is 72.3 Å². The van der Waals surface area contributed by atoms with E-state index >= 15 is 0 Å². The highest BCUT2D eigenvalue weighted by atomic mass is 16.3. The van der Waals surface area contributed by atoms with E-state index in [0.29, 0.717) is 29.0 Å². The maximum atomic E-state index is 11.2. The number of benzene rings is 2. The molecule has 6 nitrogen and oxygen atoms in total. The number of aromatic hydroxyl groups is 2. The van der Waals surface area contributed by atoms with Crippen molar-refractivity contribution in [2.75, 3.05) is 26.2 Å². The number of likely N-dealkylation sites (tertiary alicyclic amines) is 2. The number of aromatic nitrogens is 2. The molecule has 2 N–H and O–H groups in total. The van der Waals surface area contributed by atoms with Gasteiger partial charge in [-0.3, -0.25) is 19.8 Å². The maximum absolute atomic E-state index is 11.2. The Morgan fingerprint density at radius 2 is 1.03 bits per heavy atom. The molecule has 2 aromatic heterocycles. The summed E-state index contributed by atoms with van der Waals surface area (Å²) in [5, 5.41) is 24.3. The molecule has 2 saturated heterocycles. The molecule has 4 aromatic rings. The van der Waals surface area contributed by atoms with Crippen LogP contribution >= 0.6 is 0 Å². The summed E-state index contributed by atoms with van der Waals surface area (Å²) in [4.78, 5) is 14.0. The van der Waals surface area contributed by atoms with Gasteiger partial charge in [0, 0.05) is 47.4 Å². The molecule has 0 spiro atoms. The molecule has 0 unspecified atom stereocenters. The van der Waals surface area contributed by atoms with E-state index in [-0.39, 0.29) is 0 Å². The van der Waals surface area contributed by atoms with E-state index in [9.17, 15) is 10.2 Å².